The van der Waals surface area contributed by atoms with Crippen molar-refractivity contribution in [3.8, 4) is 0 Å². The Morgan fingerprint density at radius 1 is 1.35 bits per heavy atom. The van der Waals surface area contributed by atoms with Crippen LogP contribution in [-0.4, -0.2) is 42.4 Å². The third-order valence-corrected chi connectivity index (χ3v) is 5.18. The molecule has 0 aromatic carbocycles. The lowest BCUT2D eigenvalue weighted by molar-refractivity contribution is -0.140. The van der Waals surface area contributed by atoms with Gasteiger partial charge in [-0.05, 0) is 32.7 Å². The second kappa shape index (κ2) is 8.18. The van der Waals surface area contributed by atoms with Crippen molar-refractivity contribution in [3.63, 3.8) is 0 Å². The molecule has 0 amide bonds. The standard InChI is InChI=1S/C16H33BNO2/c1-8-13(3)15(4,9-2)14(19)12-18(7)16(5,20)10-11-17-6/h13,20H,8-12H2,1-7H3. The molecular formula is C16H33BNO2. The average Bonchev–Trinajstić information content (AvgIpc) is 2.42. The molecule has 0 aliphatic heterocycles. The van der Waals surface area contributed by atoms with E-state index in [1.54, 1.807) is 11.8 Å². The molecular weight excluding hydrogens is 249 g/mol. The summed E-state index contributed by atoms with van der Waals surface area (Å²) >= 11 is 0. The minimum Gasteiger partial charge on any atom is -0.376 e. The summed E-state index contributed by atoms with van der Waals surface area (Å²) in [7, 11) is 3.87. The van der Waals surface area contributed by atoms with E-state index in [2.05, 4.69) is 27.7 Å². The van der Waals surface area contributed by atoms with E-state index in [0.717, 1.165) is 19.2 Å². The smallest absolute Gasteiger partial charge is 0.153 e. The zero-order chi connectivity index (χ0) is 16.0. The zero-order valence-corrected chi connectivity index (χ0v) is 14.5. The molecule has 1 radical (unpaired) electrons. The minimum atomic E-state index is -0.924. The maximum absolute atomic E-state index is 12.7. The highest BCUT2D eigenvalue weighted by atomic mass is 16.3. The number of aliphatic hydroxyl groups is 1. The summed E-state index contributed by atoms with van der Waals surface area (Å²) in [6.07, 6.45) is 3.35. The first-order chi connectivity index (χ1) is 9.15. The molecule has 3 unspecified atom stereocenters. The third-order valence-electron chi connectivity index (χ3n) is 5.18. The van der Waals surface area contributed by atoms with Crippen LogP contribution in [0, 0.1) is 11.3 Å². The molecule has 117 valence electrons. The fourth-order valence-electron chi connectivity index (χ4n) is 2.45. The molecule has 3 atom stereocenters. The van der Waals surface area contributed by atoms with Crippen molar-refractivity contribution in [2.24, 2.45) is 11.3 Å². The molecule has 0 heterocycles. The fourth-order valence-corrected chi connectivity index (χ4v) is 2.45. The highest BCUT2D eigenvalue weighted by Gasteiger charge is 2.38. The van der Waals surface area contributed by atoms with Gasteiger partial charge < -0.3 is 5.11 Å². The topological polar surface area (TPSA) is 40.5 Å². The molecule has 20 heavy (non-hydrogen) atoms. The molecule has 0 spiro atoms. The molecule has 0 rings (SSSR count). The molecule has 0 fully saturated rings. The minimum absolute atomic E-state index is 0.234. The van der Waals surface area contributed by atoms with Crippen molar-refractivity contribution >= 4 is 13.1 Å². The number of carbonyl (C=O) groups is 1. The fraction of sp³-hybridized carbons (Fsp3) is 0.938. The highest BCUT2D eigenvalue weighted by molar-refractivity contribution is 6.33. The van der Waals surface area contributed by atoms with Gasteiger partial charge in [0.15, 0.2) is 5.78 Å². The SMILES string of the molecule is C[B]CCC(C)(O)N(C)CC(=O)C(C)(CC)C(C)CC. The largest absolute Gasteiger partial charge is 0.376 e. The Morgan fingerprint density at radius 2 is 1.90 bits per heavy atom. The highest BCUT2D eigenvalue weighted by Crippen LogP contribution is 2.35. The Kier molecular flexibility index (Phi) is 8.04. The molecule has 0 aromatic heterocycles. The molecule has 0 bridgehead atoms. The summed E-state index contributed by atoms with van der Waals surface area (Å²) < 4.78 is 0. The van der Waals surface area contributed by atoms with Crippen LogP contribution >= 0.6 is 0 Å². The van der Waals surface area contributed by atoms with Gasteiger partial charge in [0.2, 0.25) is 0 Å². The van der Waals surface area contributed by atoms with Crippen LogP contribution < -0.4 is 0 Å². The van der Waals surface area contributed by atoms with E-state index in [4.69, 9.17) is 0 Å². The van der Waals surface area contributed by atoms with Crippen molar-refractivity contribution < 1.29 is 9.90 Å². The van der Waals surface area contributed by atoms with Gasteiger partial charge in [0.1, 0.15) is 13.0 Å². The summed E-state index contributed by atoms with van der Waals surface area (Å²) in [5.41, 5.74) is -1.22. The summed E-state index contributed by atoms with van der Waals surface area (Å²) in [6, 6.07) is 0. The summed E-state index contributed by atoms with van der Waals surface area (Å²) in [5.74, 6) is 0.597. The molecule has 0 saturated carbocycles. The second-order valence-corrected chi connectivity index (χ2v) is 6.52. The van der Waals surface area contributed by atoms with Crippen LogP contribution in [-0.2, 0) is 4.79 Å². The van der Waals surface area contributed by atoms with Gasteiger partial charge in [-0.1, -0.05) is 47.3 Å². The number of carbonyl (C=O) groups excluding carboxylic acids is 1. The van der Waals surface area contributed by atoms with E-state index in [9.17, 15) is 9.90 Å². The predicted octanol–water partition coefficient (Wildman–Crippen LogP) is 3.22. The molecule has 4 heteroatoms. The number of hydrogen-bond acceptors (Lipinski definition) is 3. The van der Waals surface area contributed by atoms with Crippen LogP contribution in [0.2, 0.25) is 13.1 Å². The monoisotopic (exact) mass is 282 g/mol. The first-order valence-corrected chi connectivity index (χ1v) is 7.90. The number of ketones is 1. The van der Waals surface area contributed by atoms with Crippen LogP contribution in [0.5, 0.6) is 0 Å². The quantitative estimate of drug-likeness (QED) is 0.494. The first-order valence-electron chi connectivity index (χ1n) is 7.90. The maximum atomic E-state index is 12.7. The molecule has 0 saturated heterocycles. The molecule has 0 aromatic rings. The van der Waals surface area contributed by atoms with Gasteiger partial charge in [-0.3, -0.25) is 9.69 Å². The normalized spacial score (nSPS) is 19.2. The lowest BCUT2D eigenvalue weighted by atomic mass is 9.71. The van der Waals surface area contributed by atoms with Crippen LogP contribution in [0.25, 0.3) is 0 Å². The number of hydrogen-bond donors (Lipinski definition) is 1. The summed E-state index contributed by atoms with van der Waals surface area (Å²) in [5, 5.41) is 10.5. The number of nitrogens with zero attached hydrogens (tertiary/aromatic N) is 1. The van der Waals surface area contributed by atoms with Gasteiger partial charge in [-0.2, -0.15) is 0 Å². The zero-order valence-electron chi connectivity index (χ0n) is 14.5. The van der Waals surface area contributed by atoms with Crippen molar-refractivity contribution in [1.29, 1.82) is 0 Å². The van der Waals surface area contributed by atoms with Crippen molar-refractivity contribution in [1.82, 2.24) is 4.90 Å². The van der Waals surface area contributed by atoms with E-state index >= 15 is 0 Å². The molecule has 0 aliphatic carbocycles. The number of Topliss-reactive ketones (excluding diaryl/α,β-unsaturated/α-hetero) is 1. The predicted molar refractivity (Wildman–Crippen MR) is 87.2 cm³/mol. The van der Waals surface area contributed by atoms with E-state index in [-0.39, 0.29) is 11.2 Å². The average molecular weight is 282 g/mol. The Labute approximate surface area is 126 Å². The van der Waals surface area contributed by atoms with Gasteiger partial charge in [0, 0.05) is 5.41 Å². The Hall–Kier alpha value is -0.345. The Balaban J connectivity index is 4.80. The Bertz CT molecular complexity index is 307. The van der Waals surface area contributed by atoms with Gasteiger partial charge in [0.25, 0.3) is 0 Å². The van der Waals surface area contributed by atoms with Crippen LogP contribution in [0.15, 0.2) is 0 Å². The van der Waals surface area contributed by atoms with Crippen LogP contribution in [0.1, 0.15) is 53.9 Å². The summed E-state index contributed by atoms with van der Waals surface area (Å²) in [4.78, 5) is 14.5. The second-order valence-electron chi connectivity index (χ2n) is 6.52. The Morgan fingerprint density at radius 3 is 2.30 bits per heavy atom. The van der Waals surface area contributed by atoms with Crippen molar-refractivity contribution in [3.05, 3.63) is 0 Å². The maximum Gasteiger partial charge on any atom is 0.153 e. The van der Waals surface area contributed by atoms with Crippen LogP contribution in [0.4, 0.5) is 0 Å². The van der Waals surface area contributed by atoms with E-state index in [1.807, 2.05) is 21.2 Å². The summed E-state index contributed by atoms with van der Waals surface area (Å²) in [6.45, 7) is 12.5. The van der Waals surface area contributed by atoms with Gasteiger partial charge in [-0.15, -0.1) is 0 Å². The molecule has 1 N–H and O–H groups in total. The van der Waals surface area contributed by atoms with E-state index in [0.29, 0.717) is 18.9 Å². The molecule has 0 aliphatic rings. The number of likely N-dealkylation sites (N-methyl/N-ethyl adjacent to an activating group) is 1. The van der Waals surface area contributed by atoms with Gasteiger partial charge in [0.05, 0.1) is 6.54 Å². The van der Waals surface area contributed by atoms with Crippen molar-refractivity contribution in [2.45, 2.75) is 72.7 Å². The van der Waals surface area contributed by atoms with Crippen molar-refractivity contribution in [2.75, 3.05) is 13.6 Å². The van der Waals surface area contributed by atoms with Gasteiger partial charge >= 0.3 is 0 Å². The third kappa shape index (κ3) is 4.89. The van der Waals surface area contributed by atoms with E-state index < -0.39 is 5.72 Å². The van der Waals surface area contributed by atoms with Crippen LogP contribution in [0.3, 0.4) is 0 Å². The van der Waals surface area contributed by atoms with E-state index in [1.165, 1.54) is 0 Å². The van der Waals surface area contributed by atoms with Gasteiger partial charge in [-0.25, -0.2) is 0 Å². The lowest BCUT2D eigenvalue weighted by Gasteiger charge is -2.38. The number of rotatable bonds is 10. The first kappa shape index (κ1) is 19.7. The molecule has 3 nitrogen and oxygen atoms in total. The lowest BCUT2D eigenvalue weighted by Crippen LogP contribution is -2.49.